The highest BCUT2D eigenvalue weighted by atomic mass is 16.9. The van der Waals surface area contributed by atoms with E-state index >= 15 is 0 Å². The standard InChI is InChI=1S/C19H24N4O7/c20-10-14-9-15-3-1-4-17(19(15)29-12-14)28-13-16(24)11-21-6-7-22-18(25)5-2-8-30-23(26)27/h1,3-4,9,16,21,24H,2,5-8,11-13H2,(H,22,25). The van der Waals surface area contributed by atoms with Gasteiger partial charge in [0.25, 0.3) is 5.09 Å². The monoisotopic (exact) mass is 420 g/mol. The van der Waals surface area contributed by atoms with Crippen LogP contribution in [0.2, 0.25) is 0 Å². The third-order valence-corrected chi connectivity index (χ3v) is 4.03. The second-order valence-electron chi connectivity index (χ2n) is 6.42. The number of nitrogens with one attached hydrogen (secondary N) is 2. The zero-order chi connectivity index (χ0) is 21.8. The molecule has 30 heavy (non-hydrogen) atoms. The molecule has 11 nitrogen and oxygen atoms in total. The molecule has 1 aromatic carbocycles. The SMILES string of the molecule is N#CC1=Cc2cccc(OCC(O)CNCCNC(=O)CCCO[N+](=O)[O-])c2OC1. The lowest BCUT2D eigenvalue weighted by molar-refractivity contribution is -0.757. The fourth-order valence-corrected chi connectivity index (χ4v) is 2.62. The first kappa shape index (κ1) is 22.9. The number of rotatable bonds is 13. The molecule has 1 unspecified atom stereocenters. The second kappa shape index (κ2) is 12.3. The molecule has 0 aromatic heterocycles. The molecule has 1 aliphatic rings. The van der Waals surface area contributed by atoms with Crippen LogP contribution in [0.1, 0.15) is 18.4 Å². The van der Waals surface area contributed by atoms with Crippen LogP contribution in [0.25, 0.3) is 6.08 Å². The zero-order valence-electron chi connectivity index (χ0n) is 16.3. The molecule has 1 atom stereocenters. The fourth-order valence-electron chi connectivity index (χ4n) is 2.62. The quantitative estimate of drug-likeness (QED) is 0.234. The number of amides is 1. The molecule has 1 aromatic rings. The van der Waals surface area contributed by atoms with E-state index in [4.69, 9.17) is 14.7 Å². The summed E-state index contributed by atoms with van der Waals surface area (Å²) in [7, 11) is 0. The predicted octanol–water partition coefficient (Wildman–Crippen LogP) is 0.420. The number of para-hydroxylation sites is 1. The summed E-state index contributed by atoms with van der Waals surface area (Å²) in [6.07, 6.45) is 1.37. The highest BCUT2D eigenvalue weighted by Gasteiger charge is 2.17. The number of benzene rings is 1. The lowest BCUT2D eigenvalue weighted by Gasteiger charge is -2.19. The highest BCUT2D eigenvalue weighted by Crippen LogP contribution is 2.35. The number of hydrogen-bond acceptors (Lipinski definition) is 9. The third-order valence-electron chi connectivity index (χ3n) is 4.03. The van der Waals surface area contributed by atoms with Crippen LogP contribution in [0.15, 0.2) is 23.8 Å². The van der Waals surface area contributed by atoms with E-state index in [1.807, 2.05) is 6.07 Å². The maximum absolute atomic E-state index is 11.5. The van der Waals surface area contributed by atoms with E-state index in [0.717, 1.165) is 5.56 Å². The van der Waals surface area contributed by atoms with Crippen molar-refractivity contribution in [2.75, 3.05) is 39.5 Å². The number of fused-ring (bicyclic) bond motifs is 1. The average Bonchev–Trinajstić information content (AvgIpc) is 2.74. The molecule has 162 valence electrons. The van der Waals surface area contributed by atoms with E-state index in [1.165, 1.54) is 0 Å². The Morgan fingerprint density at radius 1 is 1.43 bits per heavy atom. The van der Waals surface area contributed by atoms with Gasteiger partial charge in [-0.25, -0.2) is 0 Å². The van der Waals surface area contributed by atoms with Crippen molar-refractivity contribution in [3.8, 4) is 17.6 Å². The minimum Gasteiger partial charge on any atom is -0.487 e. The molecule has 11 heteroatoms. The largest absolute Gasteiger partial charge is 0.487 e. The molecular weight excluding hydrogens is 396 g/mol. The van der Waals surface area contributed by atoms with Crippen molar-refractivity contribution in [3.63, 3.8) is 0 Å². The highest BCUT2D eigenvalue weighted by molar-refractivity contribution is 5.75. The lowest BCUT2D eigenvalue weighted by atomic mass is 10.1. The van der Waals surface area contributed by atoms with Crippen molar-refractivity contribution in [3.05, 3.63) is 39.4 Å². The number of carbonyl (C=O) groups excluding carboxylic acids is 1. The Labute approximate surface area is 173 Å². The van der Waals surface area contributed by atoms with Crippen molar-refractivity contribution in [2.45, 2.75) is 18.9 Å². The summed E-state index contributed by atoms with van der Waals surface area (Å²) in [5.74, 6) is 0.811. The Morgan fingerprint density at radius 3 is 3.03 bits per heavy atom. The number of ether oxygens (including phenoxy) is 2. The van der Waals surface area contributed by atoms with E-state index in [-0.39, 0.29) is 45.1 Å². The van der Waals surface area contributed by atoms with Crippen molar-refractivity contribution in [2.24, 2.45) is 0 Å². The van der Waals surface area contributed by atoms with E-state index in [9.17, 15) is 20.0 Å². The van der Waals surface area contributed by atoms with E-state index < -0.39 is 11.2 Å². The first-order chi connectivity index (χ1) is 14.5. The van der Waals surface area contributed by atoms with Crippen molar-refractivity contribution >= 4 is 12.0 Å². The van der Waals surface area contributed by atoms with Crippen LogP contribution in [-0.2, 0) is 9.63 Å². The number of nitriles is 1. The van der Waals surface area contributed by atoms with Crippen LogP contribution in [0.4, 0.5) is 0 Å². The molecule has 3 N–H and O–H groups in total. The number of carbonyl (C=O) groups is 1. The maximum atomic E-state index is 11.5. The van der Waals surface area contributed by atoms with Crippen LogP contribution in [0.5, 0.6) is 11.5 Å². The molecule has 1 heterocycles. The summed E-state index contributed by atoms with van der Waals surface area (Å²) in [4.78, 5) is 25.6. The molecule has 0 spiro atoms. The molecule has 0 saturated heterocycles. The third kappa shape index (κ3) is 7.94. The summed E-state index contributed by atoms with van der Waals surface area (Å²) >= 11 is 0. The Hall–Kier alpha value is -3.36. The Morgan fingerprint density at radius 2 is 2.27 bits per heavy atom. The van der Waals surface area contributed by atoms with Gasteiger partial charge in [0.1, 0.15) is 19.3 Å². The molecule has 1 aliphatic heterocycles. The van der Waals surface area contributed by atoms with Gasteiger partial charge in [0.05, 0.1) is 18.2 Å². The van der Waals surface area contributed by atoms with Crippen molar-refractivity contribution in [1.29, 1.82) is 5.26 Å². The van der Waals surface area contributed by atoms with E-state index in [1.54, 1.807) is 18.2 Å². The van der Waals surface area contributed by atoms with Gasteiger partial charge in [0, 0.05) is 31.6 Å². The van der Waals surface area contributed by atoms with Gasteiger partial charge in [-0.3, -0.25) is 4.79 Å². The van der Waals surface area contributed by atoms with Gasteiger partial charge < -0.3 is 30.1 Å². The molecular formula is C19H24N4O7. The van der Waals surface area contributed by atoms with Crippen molar-refractivity contribution in [1.82, 2.24) is 10.6 Å². The van der Waals surface area contributed by atoms with Gasteiger partial charge in [-0.2, -0.15) is 5.26 Å². The Kier molecular flexibility index (Phi) is 9.36. The number of nitrogens with zero attached hydrogens (tertiary/aromatic N) is 2. The predicted molar refractivity (Wildman–Crippen MR) is 105 cm³/mol. The first-order valence-corrected chi connectivity index (χ1v) is 9.41. The summed E-state index contributed by atoms with van der Waals surface area (Å²) in [5, 5.41) is 33.8. The summed E-state index contributed by atoms with van der Waals surface area (Å²) < 4.78 is 11.2. The average molecular weight is 420 g/mol. The van der Waals surface area contributed by atoms with Crippen LogP contribution < -0.4 is 20.1 Å². The van der Waals surface area contributed by atoms with Gasteiger partial charge >= 0.3 is 0 Å². The molecule has 1 amide bonds. The van der Waals surface area contributed by atoms with Gasteiger partial charge in [-0.15, -0.1) is 10.1 Å². The first-order valence-electron chi connectivity index (χ1n) is 9.41. The van der Waals surface area contributed by atoms with Gasteiger partial charge in [0.2, 0.25) is 5.91 Å². The summed E-state index contributed by atoms with van der Waals surface area (Å²) in [5.41, 5.74) is 1.28. The van der Waals surface area contributed by atoms with Gasteiger partial charge in [-0.1, -0.05) is 12.1 Å². The van der Waals surface area contributed by atoms with Crippen molar-refractivity contribution < 1.29 is 29.3 Å². The second-order valence-corrected chi connectivity index (χ2v) is 6.42. The molecule has 2 rings (SSSR count). The van der Waals surface area contributed by atoms with E-state index in [2.05, 4.69) is 21.5 Å². The van der Waals surface area contributed by atoms with E-state index in [0.29, 0.717) is 30.2 Å². The molecule has 0 radical (unpaired) electrons. The zero-order valence-corrected chi connectivity index (χ0v) is 16.3. The summed E-state index contributed by atoms with van der Waals surface area (Å²) in [6, 6.07) is 7.40. The minimum absolute atomic E-state index is 0.0461. The molecule has 0 aliphatic carbocycles. The van der Waals surface area contributed by atoms with Crippen LogP contribution >= 0.6 is 0 Å². The molecule has 0 fully saturated rings. The Bertz CT molecular complexity index is 807. The Balaban J connectivity index is 1.60. The fraction of sp³-hybridized carbons (Fsp3) is 0.474. The van der Waals surface area contributed by atoms with Crippen LogP contribution in [0.3, 0.4) is 0 Å². The van der Waals surface area contributed by atoms with Crippen LogP contribution in [0, 0.1) is 21.4 Å². The summed E-state index contributed by atoms with van der Waals surface area (Å²) in [6.45, 7) is 1.18. The van der Waals surface area contributed by atoms with Gasteiger partial charge in [-0.05, 0) is 18.6 Å². The van der Waals surface area contributed by atoms with Gasteiger partial charge in [0.15, 0.2) is 11.5 Å². The normalized spacial score (nSPS) is 13.1. The molecule has 0 bridgehead atoms. The minimum atomic E-state index is -0.891. The maximum Gasteiger partial charge on any atom is 0.294 e. The van der Waals surface area contributed by atoms with Crippen LogP contribution in [-0.4, -0.2) is 61.7 Å². The topological polar surface area (TPSA) is 156 Å². The molecule has 0 saturated carbocycles. The number of aliphatic hydroxyl groups is 1. The number of aliphatic hydroxyl groups excluding tert-OH is 1. The smallest absolute Gasteiger partial charge is 0.294 e. The lowest BCUT2D eigenvalue weighted by Crippen LogP contribution is -2.37. The number of hydrogen-bond donors (Lipinski definition) is 3.